The van der Waals surface area contributed by atoms with Gasteiger partial charge >= 0.3 is 0 Å². The van der Waals surface area contributed by atoms with Crippen LogP contribution in [0.5, 0.6) is 0 Å². The van der Waals surface area contributed by atoms with Crippen LogP contribution in [0, 0.1) is 5.92 Å². The molecule has 1 heterocycles. The molecule has 2 unspecified atom stereocenters. The molecule has 94 valence electrons. The van der Waals surface area contributed by atoms with Gasteiger partial charge in [0.1, 0.15) is 0 Å². The summed E-state index contributed by atoms with van der Waals surface area (Å²) in [7, 11) is 0. The van der Waals surface area contributed by atoms with Crippen LogP contribution < -0.4 is 10.9 Å². The maximum atomic E-state index is 12.0. The van der Waals surface area contributed by atoms with Crippen molar-refractivity contribution < 1.29 is 0 Å². The number of nitrogens with one attached hydrogen (secondary N) is 1. The van der Waals surface area contributed by atoms with E-state index in [9.17, 15) is 4.79 Å². The Morgan fingerprint density at radius 1 is 1.47 bits per heavy atom. The molecule has 0 spiro atoms. The van der Waals surface area contributed by atoms with Crippen molar-refractivity contribution in [2.45, 2.75) is 52.1 Å². The largest absolute Gasteiger partial charge is 0.362 e. The van der Waals surface area contributed by atoms with Crippen LogP contribution in [0.25, 0.3) is 0 Å². The molecule has 2 atom stereocenters. The second-order valence-corrected chi connectivity index (χ2v) is 4.88. The number of nitrogens with zero attached hydrogens (tertiary/aromatic N) is 2. The van der Waals surface area contributed by atoms with Crippen LogP contribution in [-0.2, 0) is 6.54 Å². The zero-order chi connectivity index (χ0) is 12.3. The van der Waals surface area contributed by atoms with Gasteiger partial charge in [0.2, 0.25) is 0 Å². The second kappa shape index (κ2) is 5.34. The fraction of sp³-hybridized carbons (Fsp3) is 0.692. The smallest absolute Gasteiger partial charge is 0.293 e. The van der Waals surface area contributed by atoms with E-state index in [0.717, 1.165) is 6.42 Å². The Morgan fingerprint density at radius 2 is 2.24 bits per heavy atom. The normalized spacial score (nSPS) is 24.6. The summed E-state index contributed by atoms with van der Waals surface area (Å²) in [6.45, 7) is 4.91. The van der Waals surface area contributed by atoms with E-state index in [1.54, 1.807) is 17.0 Å². The summed E-state index contributed by atoms with van der Waals surface area (Å²) >= 11 is 0. The van der Waals surface area contributed by atoms with E-state index in [-0.39, 0.29) is 5.56 Å². The Bertz CT molecular complexity index is 427. The highest BCUT2D eigenvalue weighted by atomic mass is 16.1. The van der Waals surface area contributed by atoms with Gasteiger partial charge in [0.15, 0.2) is 5.82 Å². The molecule has 0 aromatic carbocycles. The first-order valence-electron chi connectivity index (χ1n) is 6.54. The molecule has 0 radical (unpaired) electrons. The second-order valence-electron chi connectivity index (χ2n) is 4.88. The zero-order valence-corrected chi connectivity index (χ0v) is 10.6. The number of anilines is 1. The van der Waals surface area contributed by atoms with Gasteiger partial charge in [0.05, 0.1) is 0 Å². The van der Waals surface area contributed by atoms with Gasteiger partial charge in [0, 0.05) is 25.0 Å². The summed E-state index contributed by atoms with van der Waals surface area (Å²) in [5.74, 6) is 1.13. The van der Waals surface area contributed by atoms with E-state index < -0.39 is 0 Å². The van der Waals surface area contributed by atoms with E-state index in [1.807, 2.05) is 6.92 Å². The Balaban J connectivity index is 2.15. The monoisotopic (exact) mass is 235 g/mol. The average Bonchev–Trinajstić information content (AvgIpc) is 2.34. The molecule has 4 heteroatoms. The van der Waals surface area contributed by atoms with E-state index >= 15 is 0 Å². The standard InChI is InChI=1S/C13H21N3O/c1-3-16-9-8-14-12(13(16)17)15-11-7-5-4-6-10(11)2/h8-11H,3-7H2,1-2H3,(H,14,15). The van der Waals surface area contributed by atoms with Gasteiger partial charge < -0.3 is 9.88 Å². The lowest BCUT2D eigenvalue weighted by Crippen LogP contribution is -2.34. The van der Waals surface area contributed by atoms with Crippen LogP contribution in [0.1, 0.15) is 39.5 Å². The molecule has 2 rings (SSSR count). The summed E-state index contributed by atoms with van der Waals surface area (Å²) in [6, 6.07) is 0.400. The zero-order valence-electron chi connectivity index (χ0n) is 10.6. The van der Waals surface area contributed by atoms with E-state index in [1.165, 1.54) is 19.3 Å². The Kier molecular flexibility index (Phi) is 3.82. The SMILES string of the molecule is CCn1ccnc(NC2CCCCC2C)c1=O. The first-order valence-corrected chi connectivity index (χ1v) is 6.54. The van der Waals surface area contributed by atoms with Crippen LogP contribution in [0.4, 0.5) is 5.82 Å². The maximum absolute atomic E-state index is 12.0. The molecule has 1 aromatic heterocycles. The average molecular weight is 235 g/mol. The molecule has 1 aromatic rings. The van der Waals surface area contributed by atoms with Gasteiger partial charge in [-0.05, 0) is 25.7 Å². The van der Waals surface area contributed by atoms with Crippen LogP contribution >= 0.6 is 0 Å². The molecule has 1 saturated carbocycles. The lowest BCUT2D eigenvalue weighted by Gasteiger charge is -2.29. The van der Waals surface area contributed by atoms with E-state index in [0.29, 0.717) is 24.3 Å². The molecule has 0 saturated heterocycles. The number of hydrogen-bond donors (Lipinski definition) is 1. The first kappa shape index (κ1) is 12.1. The first-order chi connectivity index (χ1) is 8.22. The Hall–Kier alpha value is -1.32. The van der Waals surface area contributed by atoms with Crippen molar-refractivity contribution in [1.29, 1.82) is 0 Å². The topological polar surface area (TPSA) is 46.9 Å². The van der Waals surface area contributed by atoms with Gasteiger partial charge in [0.25, 0.3) is 5.56 Å². The predicted octanol–water partition coefficient (Wildman–Crippen LogP) is 2.25. The quantitative estimate of drug-likeness (QED) is 0.874. The molecular weight excluding hydrogens is 214 g/mol. The van der Waals surface area contributed by atoms with Crippen molar-refractivity contribution in [3.63, 3.8) is 0 Å². The van der Waals surface area contributed by atoms with Gasteiger partial charge in [-0.25, -0.2) is 4.98 Å². The molecule has 1 aliphatic rings. The Morgan fingerprint density at radius 3 is 2.94 bits per heavy atom. The van der Waals surface area contributed by atoms with Crippen LogP contribution in [0.15, 0.2) is 17.2 Å². The third-order valence-electron chi connectivity index (χ3n) is 3.69. The summed E-state index contributed by atoms with van der Waals surface area (Å²) in [4.78, 5) is 16.2. The van der Waals surface area contributed by atoms with Crippen molar-refractivity contribution in [2.75, 3.05) is 5.32 Å². The number of aromatic nitrogens is 2. The number of hydrogen-bond acceptors (Lipinski definition) is 3. The van der Waals surface area contributed by atoms with Crippen molar-refractivity contribution in [1.82, 2.24) is 9.55 Å². The molecule has 17 heavy (non-hydrogen) atoms. The third kappa shape index (κ3) is 2.68. The molecule has 1 aliphatic carbocycles. The van der Waals surface area contributed by atoms with Crippen LogP contribution in [-0.4, -0.2) is 15.6 Å². The van der Waals surface area contributed by atoms with Gasteiger partial charge in [-0.2, -0.15) is 0 Å². The van der Waals surface area contributed by atoms with Gasteiger partial charge in [-0.1, -0.05) is 19.8 Å². The molecule has 1 N–H and O–H groups in total. The molecule has 0 bridgehead atoms. The lowest BCUT2D eigenvalue weighted by molar-refractivity contribution is 0.348. The van der Waals surface area contributed by atoms with Crippen LogP contribution in [0.2, 0.25) is 0 Å². The third-order valence-corrected chi connectivity index (χ3v) is 3.69. The molecule has 0 aliphatic heterocycles. The van der Waals surface area contributed by atoms with Gasteiger partial charge in [-0.15, -0.1) is 0 Å². The maximum Gasteiger partial charge on any atom is 0.293 e. The highest BCUT2D eigenvalue weighted by molar-refractivity contribution is 5.32. The minimum atomic E-state index is -0.00669. The highest BCUT2D eigenvalue weighted by Crippen LogP contribution is 2.25. The summed E-state index contributed by atoms with van der Waals surface area (Å²) in [6.07, 6.45) is 8.37. The fourth-order valence-corrected chi connectivity index (χ4v) is 2.50. The summed E-state index contributed by atoms with van der Waals surface area (Å²) < 4.78 is 1.68. The predicted molar refractivity (Wildman–Crippen MR) is 69.2 cm³/mol. The Labute approximate surface area is 102 Å². The molecular formula is C13H21N3O. The summed E-state index contributed by atoms with van der Waals surface area (Å²) in [5, 5.41) is 3.33. The number of aryl methyl sites for hydroxylation is 1. The minimum absolute atomic E-state index is 0.00669. The van der Waals surface area contributed by atoms with Crippen molar-refractivity contribution >= 4 is 5.82 Å². The van der Waals surface area contributed by atoms with E-state index in [4.69, 9.17) is 0 Å². The lowest BCUT2D eigenvalue weighted by atomic mass is 9.86. The molecule has 4 nitrogen and oxygen atoms in total. The van der Waals surface area contributed by atoms with Crippen molar-refractivity contribution in [3.05, 3.63) is 22.7 Å². The fourth-order valence-electron chi connectivity index (χ4n) is 2.50. The minimum Gasteiger partial charge on any atom is -0.362 e. The highest BCUT2D eigenvalue weighted by Gasteiger charge is 2.22. The molecule has 1 fully saturated rings. The van der Waals surface area contributed by atoms with Crippen molar-refractivity contribution in [2.24, 2.45) is 5.92 Å². The van der Waals surface area contributed by atoms with Crippen LogP contribution in [0.3, 0.4) is 0 Å². The molecule has 0 amide bonds. The number of rotatable bonds is 3. The summed E-state index contributed by atoms with van der Waals surface area (Å²) in [5.41, 5.74) is -0.00669. The van der Waals surface area contributed by atoms with Crippen molar-refractivity contribution in [3.8, 4) is 0 Å². The van der Waals surface area contributed by atoms with Gasteiger partial charge in [-0.3, -0.25) is 4.79 Å². The van der Waals surface area contributed by atoms with E-state index in [2.05, 4.69) is 17.2 Å².